The first-order valence-corrected chi connectivity index (χ1v) is 5.98. The third kappa shape index (κ3) is 4.36. The highest BCUT2D eigenvalue weighted by atomic mass is 16.5. The molecule has 0 aliphatic heterocycles. The zero-order valence-corrected chi connectivity index (χ0v) is 11.0. The van der Waals surface area contributed by atoms with Gasteiger partial charge in [-0.2, -0.15) is 0 Å². The number of aliphatic hydroxyl groups excluding tert-OH is 1. The summed E-state index contributed by atoms with van der Waals surface area (Å²) in [4.78, 5) is 0. The van der Waals surface area contributed by atoms with Crippen LogP contribution in [-0.4, -0.2) is 24.9 Å². The summed E-state index contributed by atoms with van der Waals surface area (Å²) < 4.78 is 10.7. The molecule has 0 aromatic heterocycles. The van der Waals surface area contributed by atoms with E-state index in [4.69, 9.17) is 9.47 Å². The number of rotatable bonds is 6. The molecule has 0 aliphatic rings. The first-order valence-electron chi connectivity index (χ1n) is 5.98. The Morgan fingerprint density at radius 1 is 1.12 bits per heavy atom. The molecule has 0 saturated heterocycles. The van der Waals surface area contributed by atoms with Gasteiger partial charge in [0.15, 0.2) is 0 Å². The zero-order valence-electron chi connectivity index (χ0n) is 11.0. The third-order valence-electron chi connectivity index (χ3n) is 2.59. The summed E-state index contributed by atoms with van der Waals surface area (Å²) in [6.45, 7) is 6.73. The van der Waals surface area contributed by atoms with Crippen LogP contribution in [0.1, 0.15) is 32.4 Å². The smallest absolute Gasteiger partial charge is 0.118 e. The number of aliphatic hydroxyl groups is 1. The molecule has 1 rings (SSSR count). The molecule has 0 heterocycles. The summed E-state index contributed by atoms with van der Waals surface area (Å²) in [5.74, 6) is 1.26. The van der Waals surface area contributed by atoms with Crippen molar-refractivity contribution in [3.8, 4) is 5.75 Å². The fourth-order valence-corrected chi connectivity index (χ4v) is 1.51. The van der Waals surface area contributed by atoms with Gasteiger partial charge in [-0.3, -0.25) is 0 Å². The SMILES string of the molecule is COc1ccc(C(O)C(C)OCC(C)C)cc1. The minimum atomic E-state index is -0.598. The lowest BCUT2D eigenvalue weighted by Gasteiger charge is -2.21. The number of hydrogen-bond acceptors (Lipinski definition) is 3. The maximum absolute atomic E-state index is 10.1. The van der Waals surface area contributed by atoms with E-state index in [2.05, 4.69) is 13.8 Å². The minimum absolute atomic E-state index is 0.203. The van der Waals surface area contributed by atoms with Crippen molar-refractivity contribution in [3.63, 3.8) is 0 Å². The number of benzene rings is 1. The highest BCUT2D eigenvalue weighted by molar-refractivity contribution is 5.28. The molecule has 0 fully saturated rings. The molecule has 2 atom stereocenters. The molecule has 3 nitrogen and oxygen atoms in total. The van der Waals surface area contributed by atoms with E-state index in [0.717, 1.165) is 11.3 Å². The van der Waals surface area contributed by atoms with Gasteiger partial charge in [0.1, 0.15) is 11.9 Å². The first kappa shape index (κ1) is 14.0. The molecule has 3 heteroatoms. The van der Waals surface area contributed by atoms with Crippen LogP contribution in [-0.2, 0) is 4.74 Å². The number of methoxy groups -OCH3 is 1. The Morgan fingerprint density at radius 3 is 2.18 bits per heavy atom. The second kappa shape index (κ2) is 6.62. The minimum Gasteiger partial charge on any atom is -0.497 e. The Labute approximate surface area is 103 Å². The van der Waals surface area contributed by atoms with E-state index in [1.165, 1.54) is 0 Å². The molecule has 1 aromatic carbocycles. The van der Waals surface area contributed by atoms with Crippen LogP contribution >= 0.6 is 0 Å². The van der Waals surface area contributed by atoms with Crippen molar-refractivity contribution in [2.45, 2.75) is 33.0 Å². The number of ether oxygens (including phenoxy) is 2. The van der Waals surface area contributed by atoms with Crippen LogP contribution in [0.5, 0.6) is 5.75 Å². The maximum atomic E-state index is 10.1. The Morgan fingerprint density at radius 2 is 1.71 bits per heavy atom. The molecule has 0 aliphatic carbocycles. The average molecular weight is 238 g/mol. The van der Waals surface area contributed by atoms with Crippen LogP contribution < -0.4 is 4.74 Å². The molecule has 96 valence electrons. The normalized spacial score (nSPS) is 14.7. The summed E-state index contributed by atoms with van der Waals surface area (Å²) in [7, 11) is 1.62. The predicted molar refractivity (Wildman–Crippen MR) is 68.2 cm³/mol. The van der Waals surface area contributed by atoms with E-state index in [1.807, 2.05) is 31.2 Å². The molecule has 0 radical (unpaired) electrons. The van der Waals surface area contributed by atoms with Gasteiger partial charge in [0.25, 0.3) is 0 Å². The molecule has 1 N–H and O–H groups in total. The molecular formula is C14H22O3. The van der Waals surface area contributed by atoms with Crippen molar-refractivity contribution in [3.05, 3.63) is 29.8 Å². The third-order valence-corrected chi connectivity index (χ3v) is 2.59. The summed E-state index contributed by atoms with van der Waals surface area (Å²) in [6, 6.07) is 7.40. The molecule has 17 heavy (non-hydrogen) atoms. The lowest BCUT2D eigenvalue weighted by atomic mass is 10.1. The molecule has 0 spiro atoms. The zero-order chi connectivity index (χ0) is 12.8. The molecule has 0 saturated carbocycles. The van der Waals surface area contributed by atoms with Crippen LogP contribution in [0, 0.1) is 5.92 Å². The molecular weight excluding hydrogens is 216 g/mol. The number of hydrogen-bond donors (Lipinski definition) is 1. The van der Waals surface area contributed by atoms with Crippen LogP contribution in [0.3, 0.4) is 0 Å². The van der Waals surface area contributed by atoms with E-state index < -0.39 is 6.10 Å². The van der Waals surface area contributed by atoms with Gasteiger partial charge in [-0.05, 0) is 30.5 Å². The lowest BCUT2D eigenvalue weighted by molar-refractivity contribution is -0.0371. The summed E-state index contributed by atoms with van der Waals surface area (Å²) in [5.41, 5.74) is 0.849. The van der Waals surface area contributed by atoms with Crippen molar-refractivity contribution in [2.75, 3.05) is 13.7 Å². The molecule has 0 bridgehead atoms. The van der Waals surface area contributed by atoms with Crippen molar-refractivity contribution < 1.29 is 14.6 Å². The maximum Gasteiger partial charge on any atom is 0.118 e. The Hall–Kier alpha value is -1.06. The van der Waals surface area contributed by atoms with E-state index >= 15 is 0 Å². The fourth-order valence-electron chi connectivity index (χ4n) is 1.51. The quantitative estimate of drug-likeness (QED) is 0.828. The highest BCUT2D eigenvalue weighted by Crippen LogP contribution is 2.22. The second-order valence-electron chi connectivity index (χ2n) is 4.65. The second-order valence-corrected chi connectivity index (χ2v) is 4.65. The summed E-state index contributed by atoms with van der Waals surface area (Å²) >= 11 is 0. The highest BCUT2D eigenvalue weighted by Gasteiger charge is 2.17. The Bertz CT molecular complexity index is 319. The van der Waals surface area contributed by atoms with Gasteiger partial charge in [0.2, 0.25) is 0 Å². The van der Waals surface area contributed by atoms with Gasteiger partial charge >= 0.3 is 0 Å². The van der Waals surface area contributed by atoms with Gasteiger partial charge in [-0.1, -0.05) is 26.0 Å². The summed E-state index contributed by atoms with van der Waals surface area (Å²) in [6.07, 6.45) is -0.801. The van der Waals surface area contributed by atoms with E-state index in [-0.39, 0.29) is 6.10 Å². The van der Waals surface area contributed by atoms with Crippen LogP contribution in [0.4, 0.5) is 0 Å². The van der Waals surface area contributed by atoms with Gasteiger partial charge in [0, 0.05) is 6.61 Å². The Kier molecular flexibility index (Phi) is 5.45. The van der Waals surface area contributed by atoms with E-state index in [0.29, 0.717) is 12.5 Å². The molecule has 2 unspecified atom stereocenters. The fraction of sp³-hybridized carbons (Fsp3) is 0.571. The first-order chi connectivity index (χ1) is 8.04. The van der Waals surface area contributed by atoms with Crippen molar-refractivity contribution >= 4 is 0 Å². The van der Waals surface area contributed by atoms with Gasteiger partial charge in [-0.15, -0.1) is 0 Å². The van der Waals surface area contributed by atoms with Gasteiger partial charge in [-0.25, -0.2) is 0 Å². The van der Waals surface area contributed by atoms with Crippen molar-refractivity contribution in [1.29, 1.82) is 0 Å². The Balaban J connectivity index is 2.58. The van der Waals surface area contributed by atoms with Crippen LogP contribution in [0.25, 0.3) is 0 Å². The molecule has 0 amide bonds. The van der Waals surface area contributed by atoms with Gasteiger partial charge < -0.3 is 14.6 Å². The van der Waals surface area contributed by atoms with Crippen LogP contribution in [0.2, 0.25) is 0 Å². The van der Waals surface area contributed by atoms with Crippen molar-refractivity contribution in [1.82, 2.24) is 0 Å². The predicted octanol–water partition coefficient (Wildman–Crippen LogP) is 2.79. The lowest BCUT2D eigenvalue weighted by Crippen LogP contribution is -2.20. The molecule has 1 aromatic rings. The van der Waals surface area contributed by atoms with E-state index in [9.17, 15) is 5.11 Å². The largest absolute Gasteiger partial charge is 0.497 e. The van der Waals surface area contributed by atoms with Crippen molar-refractivity contribution in [2.24, 2.45) is 5.92 Å². The average Bonchev–Trinajstić information content (AvgIpc) is 2.35. The topological polar surface area (TPSA) is 38.7 Å². The van der Waals surface area contributed by atoms with Crippen LogP contribution in [0.15, 0.2) is 24.3 Å². The van der Waals surface area contributed by atoms with E-state index in [1.54, 1.807) is 7.11 Å². The summed E-state index contributed by atoms with van der Waals surface area (Å²) in [5, 5.41) is 10.1. The monoisotopic (exact) mass is 238 g/mol. The van der Waals surface area contributed by atoms with Gasteiger partial charge in [0.05, 0.1) is 13.2 Å². The standard InChI is InChI=1S/C14H22O3/c1-10(2)9-17-11(3)14(15)12-5-7-13(16-4)8-6-12/h5-8,10-11,14-15H,9H2,1-4H3.